The lowest BCUT2D eigenvalue weighted by molar-refractivity contribution is -0.887. The fourth-order valence-electron chi connectivity index (χ4n) is 1.74. The first-order chi connectivity index (χ1) is 29.9. The van der Waals surface area contributed by atoms with Crippen LogP contribution < -0.4 is 24.9 Å². The van der Waals surface area contributed by atoms with Crippen molar-refractivity contribution < 1.29 is 103 Å². The van der Waals surface area contributed by atoms with Gasteiger partial charge >= 0.3 is 8.17 Å². The van der Waals surface area contributed by atoms with E-state index in [1.807, 2.05) is 60.5 Å². The number of hydrogen-bond acceptors (Lipinski definition) is 20. The van der Waals surface area contributed by atoms with Crippen LogP contribution in [0.5, 0.6) is 0 Å². The van der Waals surface area contributed by atoms with Crippen LogP contribution in [0.3, 0.4) is 0 Å². The smallest absolute Gasteiger partial charge is 0.386 e. The molecular formula is C38H90N4O20P6+2. The molecule has 1 aromatic rings. The number of nitrogens with one attached hydrogen (secondary N) is 1. The monoisotopic (exact) mass is 1110 g/mol. The number of benzene rings is 1. The van der Waals surface area contributed by atoms with Crippen LogP contribution in [-0.4, -0.2) is 199 Å². The fourth-order valence-corrected chi connectivity index (χ4v) is 3.30. The molecule has 0 saturated heterocycles. The van der Waals surface area contributed by atoms with Gasteiger partial charge in [-0.15, -0.1) is 4.52 Å². The van der Waals surface area contributed by atoms with Crippen LogP contribution in [0.4, 0.5) is 0 Å². The highest BCUT2D eigenvalue weighted by molar-refractivity contribution is 7.58. The first-order valence-corrected chi connectivity index (χ1v) is 32.1. The topological polar surface area (TPSA) is 337 Å². The standard InChI is InChI=1S/C7H8.C6H17NO4P.C5H14NO3P.C4H6N2O.C3H9O3P.C3H9O2P.2C3H6O.C2H7O3P.C2H7O2P/c1-7-5-3-2-4-6-7;1-7(2,3)6-11-12(8,9-4)10-5;1-6(2,3)5-9-10(4,7)8;1-3-4(7)6-2-5-3;1-5-7(3,4)6-2;1-5-6(2,3)4;2*1-3(2)4;1-5-6(2,3)4;1-5(2,3)4/h2-6H,1H3;6H2,1-5H3;5H2,1-4H3;2H2,1H3,(H,6,7);1-3H3;1-3H3;2*1-2H3;1-2H3,(H,3,4);1-2H3,(H,3,4)/q;+1;;;;;;;;/p+1. The Morgan fingerprint density at radius 3 is 1.07 bits per heavy atom. The van der Waals surface area contributed by atoms with Crippen molar-refractivity contribution in [2.75, 3.05) is 152 Å². The predicted octanol–water partition coefficient (Wildman–Crippen LogP) is 3.23. The molecule has 2 atom stereocenters. The number of Topliss-reactive ketones (excluding diaryl/α,β-unsaturated/α-hetero) is 2. The van der Waals surface area contributed by atoms with Crippen molar-refractivity contribution in [3.05, 3.63) is 35.9 Å². The summed E-state index contributed by atoms with van der Waals surface area (Å²) < 4.78 is 57.4. The summed E-state index contributed by atoms with van der Waals surface area (Å²) in [6.45, 7) is 20.4. The molecule has 0 aromatic heterocycles. The van der Waals surface area contributed by atoms with Crippen molar-refractivity contribution in [3.8, 4) is 0 Å². The van der Waals surface area contributed by atoms with Gasteiger partial charge in [0.15, 0.2) is 14.7 Å². The number of hydrogen-bond donors (Lipinski definition) is 4. The van der Waals surface area contributed by atoms with Gasteiger partial charge in [0, 0.05) is 33.8 Å². The summed E-state index contributed by atoms with van der Waals surface area (Å²) in [5.74, 6) is 0.292. The molecule has 0 fully saturated rings. The zero-order valence-electron chi connectivity index (χ0n) is 45.3. The highest BCUT2D eigenvalue weighted by Crippen LogP contribution is 2.52. The number of phosphoric acid groups is 1. The Morgan fingerprint density at radius 2 is 0.971 bits per heavy atom. The number of carbonyl (C=O) groups excluding carboxylic acids is 3. The van der Waals surface area contributed by atoms with E-state index in [1.165, 1.54) is 103 Å². The highest BCUT2D eigenvalue weighted by atomic mass is 31.2. The minimum Gasteiger partial charge on any atom is -0.632 e. The molecule has 1 aromatic carbocycles. The molecule has 68 heavy (non-hydrogen) atoms. The van der Waals surface area contributed by atoms with Gasteiger partial charge < -0.3 is 52.9 Å². The molecule has 1 aliphatic rings. The Labute approximate surface area is 411 Å². The number of ketones is 2. The minimum absolute atomic E-state index is 0.0417. The third-order valence-electron chi connectivity index (χ3n) is 5.00. The number of amides is 1. The molecule has 0 bridgehead atoms. The van der Waals surface area contributed by atoms with Gasteiger partial charge in [0.25, 0.3) is 5.91 Å². The van der Waals surface area contributed by atoms with Gasteiger partial charge in [0.1, 0.15) is 18.2 Å². The maximum atomic E-state index is 11.3. The number of phosphoric ester groups is 1. The van der Waals surface area contributed by atoms with Crippen molar-refractivity contribution in [2.45, 2.75) is 41.5 Å². The largest absolute Gasteiger partial charge is 0.632 e. The second-order valence-electron chi connectivity index (χ2n) is 16.4. The maximum Gasteiger partial charge on any atom is 0.386 e. The van der Waals surface area contributed by atoms with Gasteiger partial charge in [-0.2, -0.15) is 13.6 Å². The molecule has 1 aliphatic heterocycles. The van der Waals surface area contributed by atoms with E-state index in [9.17, 15) is 43.1 Å². The van der Waals surface area contributed by atoms with Crippen LogP contribution in [0.2, 0.25) is 0 Å². The second-order valence-corrected chi connectivity index (χ2v) is 29.9. The summed E-state index contributed by atoms with van der Waals surface area (Å²) in [6.07, 6.45) is 0. The van der Waals surface area contributed by atoms with E-state index in [-0.39, 0.29) is 30.9 Å². The molecule has 0 radical (unpaired) electrons. The molecule has 0 aliphatic carbocycles. The minimum atomic E-state index is -3.29. The van der Waals surface area contributed by atoms with Crippen LogP contribution in [0.1, 0.15) is 40.2 Å². The van der Waals surface area contributed by atoms with Crippen LogP contribution >= 0.6 is 46.7 Å². The average Bonchev–Trinajstić information content (AvgIpc) is 3.53. The van der Waals surface area contributed by atoms with Crippen LogP contribution in [0.15, 0.2) is 35.3 Å². The Balaban J connectivity index is -0.0000000998. The van der Waals surface area contributed by atoms with Crippen LogP contribution in [-0.2, 0) is 59.7 Å². The lowest BCUT2D eigenvalue weighted by Gasteiger charge is -2.27. The summed E-state index contributed by atoms with van der Waals surface area (Å²) in [4.78, 5) is 100. The molecule has 2 unspecified atom stereocenters. The van der Waals surface area contributed by atoms with E-state index >= 15 is 0 Å². The first kappa shape index (κ1) is 84.0. The Morgan fingerprint density at radius 1 is 0.676 bits per heavy atom. The van der Waals surface area contributed by atoms with E-state index in [4.69, 9.17) is 19.2 Å². The number of aliphatic imine (C=N–C) groups is 1. The normalized spacial score (nSPS) is 13.6. The van der Waals surface area contributed by atoms with Gasteiger partial charge in [0.2, 0.25) is 37.3 Å². The molecule has 30 heteroatoms. The van der Waals surface area contributed by atoms with Crippen LogP contribution in [0.25, 0.3) is 0 Å². The first-order valence-electron chi connectivity index (χ1n) is 19.5. The van der Waals surface area contributed by atoms with Crippen molar-refractivity contribution >= 4 is 69.9 Å². The van der Waals surface area contributed by atoms with E-state index in [2.05, 4.69) is 61.0 Å². The van der Waals surface area contributed by atoms with Gasteiger partial charge in [-0.05, 0) is 41.5 Å². The molecule has 410 valence electrons. The summed E-state index contributed by atoms with van der Waals surface area (Å²) >= 11 is 0. The third kappa shape index (κ3) is 111. The number of quaternary nitrogens is 2. The zero-order chi connectivity index (χ0) is 56.6. The second kappa shape index (κ2) is 43.8. The number of nitrogens with zero attached hydrogens (tertiary/aromatic N) is 3. The molecule has 4 N–H and O–H groups in total. The Hall–Kier alpha value is -0.800. The van der Waals surface area contributed by atoms with Crippen molar-refractivity contribution in [1.29, 1.82) is 0 Å². The quantitative estimate of drug-likeness (QED) is 0.133. The molecule has 0 spiro atoms. The van der Waals surface area contributed by atoms with E-state index in [0.717, 1.165) is 6.66 Å². The zero-order valence-corrected chi connectivity index (χ0v) is 50.7. The SMILES string of the molecule is CC(C)=O.CC(C)=O.CC1=NCNC1=O.COP(C)(C)=O.CO[P+](C)([O-])O.CO[P+](C)([O-])OC.CO[P+]([O-])(OC)OC[N+](C)(C)C.CP(C)(=O)O.C[N+](C)(C)CO[P+](C)([O-])O.Cc1ccccc1. The van der Waals surface area contributed by atoms with Crippen molar-refractivity contribution in [1.82, 2.24) is 5.32 Å². The van der Waals surface area contributed by atoms with Crippen molar-refractivity contribution in [2.24, 2.45) is 4.99 Å². The molecule has 2 rings (SSSR count). The van der Waals surface area contributed by atoms with Crippen LogP contribution in [0, 0.1) is 6.92 Å². The Kier molecular flexibility index (Phi) is 54.1. The molecular weight excluding hydrogens is 1020 g/mol. The summed E-state index contributed by atoms with van der Waals surface area (Å²) in [5, 5.41) is 2.53. The lowest BCUT2D eigenvalue weighted by Crippen LogP contribution is -2.37. The summed E-state index contributed by atoms with van der Waals surface area (Å²) in [6, 6.07) is 10.3. The molecule has 1 heterocycles. The molecule has 1 amide bonds. The highest BCUT2D eigenvalue weighted by Gasteiger charge is 2.32. The van der Waals surface area contributed by atoms with Gasteiger partial charge in [-0.1, -0.05) is 35.9 Å². The average molecular weight is 1110 g/mol. The number of rotatable bonds is 12. The van der Waals surface area contributed by atoms with Crippen molar-refractivity contribution in [3.63, 3.8) is 0 Å². The third-order valence-corrected chi connectivity index (χ3v) is 9.81. The van der Waals surface area contributed by atoms with Gasteiger partial charge in [-0.3, -0.25) is 18.9 Å². The fraction of sp³-hybridized carbons (Fsp3) is 0.737. The summed E-state index contributed by atoms with van der Waals surface area (Å²) in [7, 11) is 2.16. The van der Waals surface area contributed by atoms with Gasteiger partial charge in [0.05, 0.1) is 104 Å². The molecule has 24 nitrogen and oxygen atoms in total. The number of aryl methyl sites for hydroxylation is 1. The maximum absolute atomic E-state index is 11.3. The van der Waals surface area contributed by atoms with Gasteiger partial charge in [-0.25, -0.2) is 23.4 Å². The summed E-state index contributed by atoms with van der Waals surface area (Å²) in [5.41, 5.74) is 1.91. The molecule has 0 saturated carbocycles. The van der Waals surface area contributed by atoms with E-state index < -0.39 is 46.7 Å². The lowest BCUT2D eigenvalue weighted by atomic mass is 10.2. The number of carbonyl (C=O) groups is 3. The van der Waals surface area contributed by atoms with E-state index in [1.54, 1.807) is 20.3 Å². The predicted molar refractivity (Wildman–Crippen MR) is 271 cm³/mol. The van der Waals surface area contributed by atoms with E-state index in [0.29, 0.717) is 21.3 Å². The Bertz CT molecular complexity index is 1470.